The summed E-state index contributed by atoms with van der Waals surface area (Å²) in [6.45, 7) is 5.93. The van der Waals surface area contributed by atoms with Gasteiger partial charge in [-0.15, -0.1) is 0 Å². The Bertz CT molecular complexity index is 889. The number of carbonyl (C=O) groups is 2. The first kappa shape index (κ1) is 19.4. The molecule has 3 aliphatic heterocycles. The first-order valence-electron chi connectivity index (χ1n) is 10.1. The second-order valence-corrected chi connectivity index (χ2v) is 7.80. The second-order valence-electron chi connectivity index (χ2n) is 7.80. The molecule has 0 saturated carbocycles. The van der Waals surface area contributed by atoms with Gasteiger partial charge < -0.3 is 15.4 Å². The zero-order valence-electron chi connectivity index (χ0n) is 16.7. The molecule has 0 radical (unpaired) electrons. The summed E-state index contributed by atoms with van der Waals surface area (Å²) in [6, 6.07) is 11.0. The van der Waals surface area contributed by atoms with E-state index in [-0.39, 0.29) is 17.9 Å². The molecule has 1 aromatic carbocycles. The molecule has 2 N–H and O–H groups in total. The van der Waals surface area contributed by atoms with Crippen LogP contribution in [0.15, 0.2) is 42.6 Å². The van der Waals surface area contributed by atoms with E-state index in [4.69, 9.17) is 4.74 Å². The molecule has 3 saturated heterocycles. The third-order valence-corrected chi connectivity index (χ3v) is 5.87. The Balaban J connectivity index is 1.39. The molecule has 2 bridgehead atoms. The van der Waals surface area contributed by atoms with Crippen LogP contribution in [0.25, 0.3) is 0 Å². The number of hydrogen-bond donors (Lipinski definition) is 2. The smallest absolute Gasteiger partial charge is 0.251 e. The molecule has 4 heterocycles. The molecule has 0 aliphatic carbocycles. The van der Waals surface area contributed by atoms with Gasteiger partial charge in [-0.1, -0.05) is 0 Å². The summed E-state index contributed by atoms with van der Waals surface area (Å²) in [7, 11) is 0. The van der Waals surface area contributed by atoms with Gasteiger partial charge in [-0.05, 0) is 69.1 Å². The maximum Gasteiger partial charge on any atom is 0.251 e. The Morgan fingerprint density at radius 2 is 1.86 bits per heavy atom. The number of carbonyl (C=O) groups excluding carboxylic acids is 2. The number of pyridine rings is 1. The standard InChI is InChI=1S/C22H26N4O3/c1-14-21(16-8-11-26(14)12-9-16)25-22(28)17-3-5-19(6-4-17)29-20-13-18(7-10-23-20)24-15(2)27/h3-7,10,13-14,16,21H,8-9,11-12H2,1-2H3,(H,25,28)(H,23,24,27). The topological polar surface area (TPSA) is 83.6 Å². The Labute approximate surface area is 170 Å². The lowest BCUT2D eigenvalue weighted by molar-refractivity contribution is -0.114. The van der Waals surface area contributed by atoms with E-state index in [0.29, 0.717) is 34.8 Å². The van der Waals surface area contributed by atoms with Crippen LogP contribution < -0.4 is 15.4 Å². The highest BCUT2D eigenvalue weighted by Gasteiger charge is 2.40. The van der Waals surface area contributed by atoms with E-state index >= 15 is 0 Å². The predicted molar refractivity (Wildman–Crippen MR) is 110 cm³/mol. The SMILES string of the molecule is CC(=O)Nc1ccnc(Oc2ccc(C(=O)NC3C4CCN(CC4)C3C)cc2)c1. The van der Waals surface area contributed by atoms with Crippen LogP contribution >= 0.6 is 0 Å². The molecule has 152 valence electrons. The van der Waals surface area contributed by atoms with Crippen molar-refractivity contribution in [3.05, 3.63) is 48.2 Å². The number of fused-ring (bicyclic) bond motifs is 3. The van der Waals surface area contributed by atoms with Gasteiger partial charge in [0.15, 0.2) is 0 Å². The summed E-state index contributed by atoms with van der Waals surface area (Å²) in [5, 5.41) is 5.93. The first-order valence-corrected chi connectivity index (χ1v) is 10.1. The second kappa shape index (κ2) is 8.21. The van der Waals surface area contributed by atoms with E-state index in [1.54, 1.807) is 42.6 Å². The fraction of sp³-hybridized carbons (Fsp3) is 0.409. The van der Waals surface area contributed by atoms with Crippen molar-refractivity contribution in [3.8, 4) is 11.6 Å². The third-order valence-electron chi connectivity index (χ3n) is 5.87. The fourth-order valence-corrected chi connectivity index (χ4v) is 4.32. The minimum absolute atomic E-state index is 0.0482. The largest absolute Gasteiger partial charge is 0.439 e. The highest BCUT2D eigenvalue weighted by Crippen LogP contribution is 2.32. The van der Waals surface area contributed by atoms with Gasteiger partial charge in [0, 0.05) is 42.5 Å². The Kier molecular flexibility index (Phi) is 5.49. The van der Waals surface area contributed by atoms with Crippen LogP contribution in [0.4, 0.5) is 5.69 Å². The Morgan fingerprint density at radius 3 is 2.52 bits per heavy atom. The Morgan fingerprint density at radius 1 is 1.14 bits per heavy atom. The fourth-order valence-electron chi connectivity index (χ4n) is 4.32. The molecule has 3 aliphatic rings. The molecule has 7 nitrogen and oxygen atoms in total. The summed E-state index contributed by atoms with van der Waals surface area (Å²) in [4.78, 5) is 30.5. The molecule has 2 unspecified atom stereocenters. The quantitative estimate of drug-likeness (QED) is 0.814. The number of piperidine rings is 3. The van der Waals surface area contributed by atoms with Gasteiger partial charge in [0.25, 0.3) is 5.91 Å². The Hall–Kier alpha value is -2.93. The van der Waals surface area contributed by atoms with E-state index in [1.807, 2.05) is 0 Å². The maximum atomic E-state index is 12.7. The molecule has 0 spiro atoms. The van der Waals surface area contributed by atoms with Crippen molar-refractivity contribution in [3.63, 3.8) is 0 Å². The van der Waals surface area contributed by atoms with Crippen molar-refractivity contribution in [2.45, 2.75) is 38.8 Å². The number of anilines is 1. The van der Waals surface area contributed by atoms with Crippen molar-refractivity contribution >= 4 is 17.5 Å². The molecule has 2 aromatic rings. The van der Waals surface area contributed by atoms with Crippen LogP contribution in [-0.2, 0) is 4.79 Å². The zero-order chi connectivity index (χ0) is 20.4. The lowest BCUT2D eigenvalue weighted by Gasteiger charge is -2.49. The number of nitrogens with zero attached hydrogens (tertiary/aromatic N) is 2. The van der Waals surface area contributed by atoms with Gasteiger partial charge in [0.2, 0.25) is 11.8 Å². The van der Waals surface area contributed by atoms with Crippen molar-refractivity contribution in [1.82, 2.24) is 15.2 Å². The first-order chi connectivity index (χ1) is 14.0. The number of hydrogen-bond acceptors (Lipinski definition) is 5. The van der Waals surface area contributed by atoms with Crippen LogP contribution in [-0.4, -0.2) is 46.9 Å². The summed E-state index contributed by atoms with van der Waals surface area (Å²) in [6.07, 6.45) is 3.89. The minimum Gasteiger partial charge on any atom is -0.439 e. The van der Waals surface area contributed by atoms with Gasteiger partial charge >= 0.3 is 0 Å². The molecular formula is C22H26N4O3. The molecule has 7 heteroatoms. The number of nitrogens with one attached hydrogen (secondary N) is 2. The molecule has 29 heavy (non-hydrogen) atoms. The van der Waals surface area contributed by atoms with E-state index in [1.165, 1.54) is 6.92 Å². The average molecular weight is 394 g/mol. The molecular weight excluding hydrogens is 368 g/mol. The van der Waals surface area contributed by atoms with Crippen LogP contribution in [0.1, 0.15) is 37.0 Å². The van der Waals surface area contributed by atoms with Crippen LogP contribution in [0.5, 0.6) is 11.6 Å². The molecule has 5 rings (SSSR count). The summed E-state index contributed by atoms with van der Waals surface area (Å²) in [5.74, 6) is 1.31. The predicted octanol–water partition coefficient (Wildman–Crippen LogP) is 3.04. The molecule has 2 atom stereocenters. The van der Waals surface area contributed by atoms with Crippen LogP contribution in [0, 0.1) is 5.92 Å². The van der Waals surface area contributed by atoms with E-state index in [2.05, 4.69) is 27.4 Å². The lowest BCUT2D eigenvalue weighted by atomic mass is 9.79. The van der Waals surface area contributed by atoms with Crippen molar-refractivity contribution in [2.75, 3.05) is 18.4 Å². The number of rotatable bonds is 5. The summed E-state index contributed by atoms with van der Waals surface area (Å²) in [5.41, 5.74) is 1.23. The van der Waals surface area contributed by atoms with Gasteiger partial charge in [-0.3, -0.25) is 14.5 Å². The van der Waals surface area contributed by atoms with Crippen molar-refractivity contribution < 1.29 is 14.3 Å². The van der Waals surface area contributed by atoms with Gasteiger partial charge in [0.1, 0.15) is 5.75 Å². The van der Waals surface area contributed by atoms with Crippen molar-refractivity contribution in [2.24, 2.45) is 5.92 Å². The number of ether oxygens (including phenoxy) is 1. The molecule has 2 amide bonds. The van der Waals surface area contributed by atoms with Crippen molar-refractivity contribution in [1.29, 1.82) is 0 Å². The summed E-state index contributed by atoms with van der Waals surface area (Å²) < 4.78 is 5.74. The summed E-state index contributed by atoms with van der Waals surface area (Å²) >= 11 is 0. The highest BCUT2D eigenvalue weighted by molar-refractivity contribution is 5.94. The minimum atomic E-state index is -0.158. The van der Waals surface area contributed by atoms with Gasteiger partial charge in [-0.2, -0.15) is 0 Å². The van der Waals surface area contributed by atoms with Gasteiger partial charge in [-0.25, -0.2) is 4.98 Å². The van der Waals surface area contributed by atoms with Crippen LogP contribution in [0.2, 0.25) is 0 Å². The number of benzene rings is 1. The molecule has 1 aromatic heterocycles. The lowest BCUT2D eigenvalue weighted by Crippen LogP contribution is -2.62. The van der Waals surface area contributed by atoms with E-state index in [0.717, 1.165) is 25.9 Å². The third kappa shape index (κ3) is 4.40. The normalized spacial score (nSPS) is 25.3. The highest BCUT2D eigenvalue weighted by atomic mass is 16.5. The van der Waals surface area contributed by atoms with Gasteiger partial charge in [0.05, 0.1) is 0 Å². The van der Waals surface area contributed by atoms with E-state index in [9.17, 15) is 9.59 Å². The van der Waals surface area contributed by atoms with E-state index < -0.39 is 0 Å². The zero-order valence-corrected chi connectivity index (χ0v) is 16.7. The molecule has 3 fully saturated rings. The number of amides is 2. The monoisotopic (exact) mass is 394 g/mol. The maximum absolute atomic E-state index is 12.7. The average Bonchev–Trinajstić information content (AvgIpc) is 2.71. The van der Waals surface area contributed by atoms with Crippen LogP contribution in [0.3, 0.4) is 0 Å². The number of aromatic nitrogens is 1.